The molecule has 1 aliphatic heterocycles. The van der Waals surface area contributed by atoms with Crippen molar-refractivity contribution < 1.29 is 17.9 Å². The summed E-state index contributed by atoms with van der Waals surface area (Å²) in [5.74, 6) is 0.343. The number of rotatable bonds is 7. The number of carbonyl (C=O) groups excluding carboxylic acids is 1. The average Bonchev–Trinajstić information content (AvgIpc) is 3.22. The van der Waals surface area contributed by atoms with Gasteiger partial charge in [0.1, 0.15) is 4.90 Å². The molecular formula is C18H25N3O4S2. The largest absolute Gasteiger partial charge is 0.379 e. The monoisotopic (exact) mass is 411 g/mol. The highest BCUT2D eigenvalue weighted by molar-refractivity contribution is 7.99. The molecule has 1 aliphatic carbocycles. The van der Waals surface area contributed by atoms with Crippen molar-refractivity contribution in [1.29, 1.82) is 0 Å². The molecule has 2 aliphatic rings. The van der Waals surface area contributed by atoms with Crippen molar-refractivity contribution >= 4 is 27.7 Å². The number of morpholine rings is 1. The summed E-state index contributed by atoms with van der Waals surface area (Å²) in [4.78, 5) is 18.7. The van der Waals surface area contributed by atoms with E-state index in [1.165, 1.54) is 22.3 Å². The Morgan fingerprint density at radius 1 is 1.33 bits per heavy atom. The van der Waals surface area contributed by atoms with Crippen LogP contribution in [0.3, 0.4) is 0 Å². The molecule has 0 unspecified atom stereocenters. The van der Waals surface area contributed by atoms with Crippen molar-refractivity contribution in [3.05, 3.63) is 30.1 Å². The smallest absolute Gasteiger partial charge is 0.244 e. The Kier molecular flexibility index (Phi) is 6.91. The fourth-order valence-electron chi connectivity index (χ4n) is 3.19. The summed E-state index contributed by atoms with van der Waals surface area (Å²) in [5.41, 5.74) is 1.11. The number of hydrogen-bond acceptors (Lipinski definition) is 6. The standard InChI is InChI=1S/C18H25N3O4S2/c1-2-21(15-5-3-4-6-15)18(22)14-26-17-8-7-16(13-19-17)27(23,24)20-9-11-25-12-10-20/h5,7-8,13H,2-4,6,9-12,14H2,1H3. The maximum Gasteiger partial charge on any atom is 0.244 e. The van der Waals surface area contributed by atoms with E-state index in [0.717, 1.165) is 25.0 Å². The van der Waals surface area contributed by atoms with Crippen LogP contribution in [0.2, 0.25) is 0 Å². The zero-order valence-electron chi connectivity index (χ0n) is 15.5. The van der Waals surface area contributed by atoms with Crippen molar-refractivity contribution in [1.82, 2.24) is 14.2 Å². The van der Waals surface area contributed by atoms with Crippen LogP contribution in [-0.2, 0) is 19.6 Å². The van der Waals surface area contributed by atoms with Crippen LogP contribution in [0.5, 0.6) is 0 Å². The first-order chi connectivity index (χ1) is 13.0. The van der Waals surface area contributed by atoms with Crippen molar-refractivity contribution in [2.24, 2.45) is 0 Å². The molecule has 0 aromatic carbocycles. The van der Waals surface area contributed by atoms with Crippen LogP contribution in [-0.4, -0.2) is 67.1 Å². The minimum absolute atomic E-state index is 0.0578. The number of hydrogen-bond donors (Lipinski definition) is 0. The van der Waals surface area contributed by atoms with Gasteiger partial charge in [-0.1, -0.05) is 17.8 Å². The Hall–Kier alpha value is -1.42. The number of carbonyl (C=O) groups is 1. The molecule has 2 heterocycles. The van der Waals surface area contributed by atoms with Gasteiger partial charge in [0, 0.05) is 31.5 Å². The molecule has 0 saturated carbocycles. The summed E-state index contributed by atoms with van der Waals surface area (Å²) in [7, 11) is -3.54. The third kappa shape index (κ3) is 4.90. The topological polar surface area (TPSA) is 79.8 Å². The highest BCUT2D eigenvalue weighted by Crippen LogP contribution is 2.24. The summed E-state index contributed by atoms with van der Waals surface area (Å²) in [5, 5.41) is 0.640. The molecule has 27 heavy (non-hydrogen) atoms. The van der Waals surface area contributed by atoms with E-state index >= 15 is 0 Å². The van der Waals surface area contributed by atoms with Gasteiger partial charge in [-0.15, -0.1) is 0 Å². The quantitative estimate of drug-likeness (QED) is 0.640. The van der Waals surface area contributed by atoms with E-state index in [2.05, 4.69) is 11.1 Å². The lowest BCUT2D eigenvalue weighted by atomic mass is 10.3. The molecule has 1 amide bonds. The lowest BCUT2D eigenvalue weighted by Gasteiger charge is -2.25. The number of ether oxygens (including phenoxy) is 1. The van der Waals surface area contributed by atoms with Crippen LogP contribution < -0.4 is 0 Å². The van der Waals surface area contributed by atoms with Gasteiger partial charge in [-0.25, -0.2) is 13.4 Å². The third-order valence-electron chi connectivity index (χ3n) is 4.64. The molecule has 3 rings (SSSR count). The van der Waals surface area contributed by atoms with Gasteiger partial charge in [-0.05, 0) is 38.3 Å². The van der Waals surface area contributed by atoms with E-state index in [4.69, 9.17) is 4.74 Å². The summed E-state index contributed by atoms with van der Waals surface area (Å²) < 4.78 is 31.8. The highest BCUT2D eigenvalue weighted by atomic mass is 32.2. The molecule has 0 N–H and O–H groups in total. The van der Waals surface area contributed by atoms with Gasteiger partial charge in [0.25, 0.3) is 0 Å². The zero-order chi connectivity index (χ0) is 19.3. The number of nitrogens with zero attached hydrogens (tertiary/aromatic N) is 3. The van der Waals surface area contributed by atoms with Crippen molar-refractivity contribution in [2.45, 2.75) is 36.1 Å². The number of pyridine rings is 1. The normalized spacial score (nSPS) is 18.3. The number of allylic oxidation sites excluding steroid dienone is 2. The summed E-state index contributed by atoms with van der Waals surface area (Å²) in [6.45, 7) is 4.17. The van der Waals surface area contributed by atoms with Gasteiger partial charge in [-0.2, -0.15) is 4.31 Å². The molecule has 0 bridgehead atoms. The molecule has 0 radical (unpaired) electrons. The Morgan fingerprint density at radius 2 is 2.11 bits per heavy atom. The van der Waals surface area contributed by atoms with Gasteiger partial charge < -0.3 is 9.64 Å². The lowest BCUT2D eigenvalue weighted by Crippen LogP contribution is -2.40. The molecule has 1 saturated heterocycles. The van der Waals surface area contributed by atoms with E-state index < -0.39 is 10.0 Å². The van der Waals surface area contributed by atoms with Crippen molar-refractivity contribution in [3.63, 3.8) is 0 Å². The Bertz CT molecular complexity index is 787. The van der Waals surface area contributed by atoms with Crippen LogP contribution in [0.15, 0.2) is 40.0 Å². The summed E-state index contributed by atoms with van der Waals surface area (Å²) in [6.07, 6.45) is 6.60. The van der Waals surface area contributed by atoms with E-state index in [1.807, 2.05) is 11.8 Å². The minimum Gasteiger partial charge on any atom is -0.379 e. The predicted molar refractivity (Wildman–Crippen MR) is 104 cm³/mol. The van der Waals surface area contributed by atoms with Crippen molar-refractivity contribution in [3.8, 4) is 0 Å². The Balaban J connectivity index is 1.59. The van der Waals surface area contributed by atoms with Crippen molar-refractivity contribution in [2.75, 3.05) is 38.6 Å². The fourth-order valence-corrected chi connectivity index (χ4v) is 5.27. The number of amides is 1. The SMILES string of the molecule is CCN(C(=O)CSc1ccc(S(=O)(=O)N2CCOCC2)cn1)C1=CCCC1. The van der Waals surface area contributed by atoms with Gasteiger partial charge >= 0.3 is 0 Å². The molecule has 0 spiro atoms. The van der Waals surface area contributed by atoms with E-state index in [9.17, 15) is 13.2 Å². The van der Waals surface area contributed by atoms with Crippen LogP contribution in [0, 0.1) is 0 Å². The van der Waals surface area contributed by atoms with E-state index in [-0.39, 0.29) is 16.6 Å². The van der Waals surface area contributed by atoms with Gasteiger partial charge in [-0.3, -0.25) is 4.79 Å². The number of thioether (sulfide) groups is 1. The molecule has 7 nitrogen and oxygen atoms in total. The molecule has 0 atom stereocenters. The zero-order valence-corrected chi connectivity index (χ0v) is 17.1. The summed E-state index contributed by atoms with van der Waals surface area (Å²) >= 11 is 1.33. The Labute approximate surface area is 164 Å². The molecule has 9 heteroatoms. The third-order valence-corrected chi connectivity index (χ3v) is 7.45. The van der Waals surface area contributed by atoms with Crippen LogP contribution in [0.1, 0.15) is 26.2 Å². The average molecular weight is 412 g/mol. The lowest BCUT2D eigenvalue weighted by molar-refractivity contribution is -0.126. The molecule has 148 valence electrons. The molecule has 1 aromatic heterocycles. The second-order valence-electron chi connectivity index (χ2n) is 6.36. The molecule has 1 aromatic rings. The van der Waals surface area contributed by atoms with E-state index in [0.29, 0.717) is 37.9 Å². The van der Waals surface area contributed by atoms with E-state index in [1.54, 1.807) is 12.1 Å². The maximum absolute atomic E-state index is 12.6. The van der Waals surface area contributed by atoms with Gasteiger partial charge in [0.05, 0.1) is 24.0 Å². The first kappa shape index (κ1) is 20.3. The second kappa shape index (κ2) is 9.18. The van der Waals surface area contributed by atoms with Crippen LogP contribution >= 0.6 is 11.8 Å². The minimum atomic E-state index is -3.54. The van der Waals surface area contributed by atoms with Crippen LogP contribution in [0.4, 0.5) is 0 Å². The Morgan fingerprint density at radius 3 is 2.70 bits per heavy atom. The maximum atomic E-state index is 12.6. The second-order valence-corrected chi connectivity index (χ2v) is 9.30. The number of sulfonamides is 1. The van der Waals surface area contributed by atoms with Gasteiger partial charge in [0.15, 0.2) is 0 Å². The first-order valence-electron chi connectivity index (χ1n) is 9.18. The fraction of sp³-hybridized carbons (Fsp3) is 0.556. The first-order valence-corrected chi connectivity index (χ1v) is 11.6. The summed E-state index contributed by atoms with van der Waals surface area (Å²) in [6, 6.07) is 3.22. The number of aromatic nitrogens is 1. The highest BCUT2D eigenvalue weighted by Gasteiger charge is 2.26. The van der Waals surface area contributed by atoms with Gasteiger partial charge in [0.2, 0.25) is 15.9 Å². The van der Waals surface area contributed by atoms with Crippen LogP contribution in [0.25, 0.3) is 0 Å². The molecular weight excluding hydrogens is 386 g/mol. The predicted octanol–water partition coefficient (Wildman–Crippen LogP) is 2.11. The molecule has 1 fully saturated rings.